The molecule has 3 saturated heterocycles. The number of ether oxygens (including phenoxy) is 2. The number of carbonyl (C=O) groups excluding carboxylic acids is 7. The molecule has 8 rings (SSSR count). The molecule has 2 aromatic carbocycles. The van der Waals surface area contributed by atoms with Crippen LogP contribution in [-0.4, -0.2) is 137 Å². The van der Waals surface area contributed by atoms with E-state index in [1.165, 1.54) is 6.07 Å². The number of piperazine rings is 1. The number of carboxylic acid groups (broad SMARTS) is 1. The molecule has 1 N–H and O–H groups in total. The van der Waals surface area contributed by atoms with Gasteiger partial charge in [0.15, 0.2) is 18.2 Å². The minimum atomic E-state index is -1.34. The van der Waals surface area contributed by atoms with Crippen LogP contribution in [0.15, 0.2) is 42.5 Å². The van der Waals surface area contributed by atoms with Gasteiger partial charge in [0, 0.05) is 76.7 Å². The van der Waals surface area contributed by atoms with Crippen molar-refractivity contribution in [3.63, 3.8) is 0 Å². The molecule has 376 valence electrons. The Bertz CT molecular complexity index is 2560. The average molecular weight is 1020 g/mol. The Morgan fingerprint density at radius 2 is 1.51 bits per heavy atom. The SMILES string of the molecule is N#Cc1ccc(OC2CCC(NC(=O)c3ccc(N4CCC(CN5CCN(c6cc7c(cc6F)C(=O)N(C6CCC(=O)N(COC(=O)CCCCCCC(=O)[O-])C6=O)C7=O)CC5)CC4)nn3)CC2)cc1Cl.[Na+]. The minimum absolute atomic E-state index is 0. The van der Waals surface area contributed by atoms with Crippen LogP contribution >= 0.6 is 11.6 Å². The summed E-state index contributed by atoms with van der Waals surface area (Å²) in [5.74, 6) is -4.08. The first-order chi connectivity index (χ1) is 34.3. The van der Waals surface area contributed by atoms with E-state index in [2.05, 4.69) is 25.3 Å². The smallest absolute Gasteiger partial charge is 0.550 e. The van der Waals surface area contributed by atoms with E-state index in [4.69, 9.17) is 26.3 Å². The van der Waals surface area contributed by atoms with Gasteiger partial charge in [-0.1, -0.05) is 24.4 Å². The standard InChI is InChI=1S/C50H57ClFN9O10.Na/c51-38-25-35(10-7-32(38)28-53)71-34-11-8-33(9-12-34)54-47(66)40-13-15-43(56-55-40)59-19-17-31(18-20-59)29-57-21-23-58(24-22-57)42-27-37-36(26-39(42)52)48(67)61(49(37)68)41-14-16-44(62)60(50(41)69)30-70-46(65)6-4-2-1-3-5-45(63)64;/h7,10,13,15,25-27,31,33-34,41H,1-6,8-9,11-12,14,16-24,29-30H2,(H,54,66)(H,63,64);/q;+1/p-1. The molecule has 5 amide bonds. The Kier molecular flexibility index (Phi) is 18.6. The van der Waals surface area contributed by atoms with Crippen molar-refractivity contribution in [2.45, 2.75) is 108 Å². The monoisotopic (exact) mass is 1020 g/mol. The number of benzene rings is 2. The number of hydrogen-bond acceptors (Lipinski definition) is 16. The van der Waals surface area contributed by atoms with Gasteiger partial charge in [-0.15, -0.1) is 10.2 Å². The van der Waals surface area contributed by atoms with Gasteiger partial charge in [-0.2, -0.15) is 5.26 Å². The molecule has 72 heavy (non-hydrogen) atoms. The van der Waals surface area contributed by atoms with E-state index in [9.17, 15) is 38.7 Å². The van der Waals surface area contributed by atoms with Gasteiger partial charge in [0.1, 0.15) is 23.7 Å². The van der Waals surface area contributed by atoms with Gasteiger partial charge in [-0.3, -0.25) is 38.6 Å². The van der Waals surface area contributed by atoms with Gasteiger partial charge in [-0.05, 0) is 107 Å². The predicted molar refractivity (Wildman–Crippen MR) is 251 cm³/mol. The number of halogens is 2. The Hall–Kier alpha value is -5.72. The molecule has 5 heterocycles. The zero-order chi connectivity index (χ0) is 50.2. The number of hydrogen-bond donors (Lipinski definition) is 1. The van der Waals surface area contributed by atoms with E-state index < -0.39 is 54.2 Å². The van der Waals surface area contributed by atoms with Crippen LogP contribution in [0.3, 0.4) is 0 Å². The second kappa shape index (κ2) is 24.8. The van der Waals surface area contributed by atoms with Gasteiger partial charge >= 0.3 is 35.5 Å². The number of esters is 1. The van der Waals surface area contributed by atoms with Gasteiger partial charge < -0.3 is 34.5 Å². The summed E-state index contributed by atoms with van der Waals surface area (Å²) in [5, 5.41) is 31.8. The first kappa shape index (κ1) is 54.1. The number of rotatable bonds is 18. The van der Waals surface area contributed by atoms with E-state index in [1.54, 1.807) is 24.3 Å². The topological polar surface area (TPSA) is 239 Å². The molecule has 4 aliphatic heterocycles. The fourth-order valence-electron chi connectivity index (χ4n) is 10.0. The molecule has 3 aromatic rings. The number of fused-ring (bicyclic) bond motifs is 1. The van der Waals surface area contributed by atoms with E-state index in [0.717, 1.165) is 69.1 Å². The van der Waals surface area contributed by atoms with Gasteiger partial charge in [0.25, 0.3) is 23.6 Å². The number of unbranched alkanes of at least 4 members (excludes halogenated alkanes) is 3. The van der Waals surface area contributed by atoms with Gasteiger partial charge in [0.2, 0.25) is 5.91 Å². The van der Waals surface area contributed by atoms with Crippen molar-refractivity contribution in [2.24, 2.45) is 5.92 Å². The third-order valence-electron chi connectivity index (χ3n) is 14.1. The molecule has 22 heteroatoms. The van der Waals surface area contributed by atoms with Crippen molar-refractivity contribution >= 4 is 64.6 Å². The summed E-state index contributed by atoms with van der Waals surface area (Å²) < 4.78 is 27.0. The number of nitrogens with zero attached hydrogens (tertiary/aromatic N) is 8. The number of carboxylic acids is 1. The number of nitriles is 1. The van der Waals surface area contributed by atoms with Crippen molar-refractivity contribution in [3.05, 3.63) is 75.7 Å². The molecule has 1 unspecified atom stereocenters. The van der Waals surface area contributed by atoms with Gasteiger partial charge in [-0.25, -0.2) is 9.29 Å². The molecular weight excluding hydrogens is 964 g/mol. The molecule has 1 aliphatic carbocycles. The van der Waals surface area contributed by atoms with Crippen LogP contribution in [0.5, 0.6) is 5.75 Å². The summed E-state index contributed by atoms with van der Waals surface area (Å²) >= 11 is 6.15. The first-order valence-electron chi connectivity index (χ1n) is 24.4. The average Bonchev–Trinajstić information content (AvgIpc) is 3.60. The fraction of sp³-hybridized carbons (Fsp3) is 0.520. The Morgan fingerprint density at radius 1 is 0.819 bits per heavy atom. The molecule has 0 spiro atoms. The van der Waals surface area contributed by atoms with Crippen molar-refractivity contribution in [1.82, 2.24) is 30.2 Å². The Morgan fingerprint density at radius 3 is 2.17 bits per heavy atom. The minimum Gasteiger partial charge on any atom is -0.550 e. The maximum Gasteiger partial charge on any atom is 1.00 e. The normalized spacial score (nSPS) is 20.7. The third kappa shape index (κ3) is 13.1. The number of aromatic nitrogens is 2. The zero-order valence-electron chi connectivity index (χ0n) is 40.3. The maximum absolute atomic E-state index is 15.8. The van der Waals surface area contributed by atoms with Gasteiger partial charge in [0.05, 0.1) is 33.5 Å². The number of carbonyl (C=O) groups is 7. The molecule has 1 aromatic heterocycles. The van der Waals surface area contributed by atoms with Crippen LogP contribution < -0.4 is 54.5 Å². The molecule has 19 nitrogen and oxygen atoms in total. The van der Waals surface area contributed by atoms with E-state index >= 15 is 4.39 Å². The molecule has 1 atom stereocenters. The van der Waals surface area contributed by atoms with Crippen molar-refractivity contribution in [3.8, 4) is 11.8 Å². The van der Waals surface area contributed by atoms with E-state index in [0.29, 0.717) is 84.8 Å². The summed E-state index contributed by atoms with van der Waals surface area (Å²) in [6, 6.07) is 11.7. The van der Waals surface area contributed by atoms with E-state index in [-0.39, 0.29) is 95.8 Å². The predicted octanol–water partition coefficient (Wildman–Crippen LogP) is 1.01. The Labute approximate surface area is 443 Å². The zero-order valence-corrected chi connectivity index (χ0v) is 43.1. The second-order valence-electron chi connectivity index (χ2n) is 18.8. The summed E-state index contributed by atoms with van der Waals surface area (Å²) in [6.45, 7) is 4.03. The largest absolute Gasteiger partial charge is 1.00 e. The van der Waals surface area contributed by atoms with Crippen LogP contribution in [0.4, 0.5) is 15.9 Å². The van der Waals surface area contributed by atoms with Crippen LogP contribution in [0.2, 0.25) is 5.02 Å². The molecule has 0 bridgehead atoms. The van der Waals surface area contributed by atoms with Crippen LogP contribution in [0, 0.1) is 23.1 Å². The van der Waals surface area contributed by atoms with Crippen LogP contribution in [0.1, 0.15) is 127 Å². The Balaban J connectivity index is 0.00000760. The number of likely N-dealkylation sites (tertiary alicyclic amines) is 1. The number of aliphatic carboxylic acids is 1. The molecule has 1 saturated carbocycles. The molecule has 5 aliphatic rings. The quantitative estimate of drug-likeness (QED) is 0.0810. The second-order valence-corrected chi connectivity index (χ2v) is 19.2. The summed E-state index contributed by atoms with van der Waals surface area (Å²) in [6.07, 6.45) is 6.48. The molecular formula is C50H56ClFN9NaO10. The number of nitrogens with one attached hydrogen (secondary N) is 1. The number of imide groups is 2. The molecule has 4 fully saturated rings. The number of anilines is 2. The van der Waals surface area contributed by atoms with Crippen molar-refractivity contribution < 1.29 is 82.1 Å². The van der Waals surface area contributed by atoms with Crippen molar-refractivity contribution in [1.29, 1.82) is 5.26 Å². The maximum atomic E-state index is 15.8. The van der Waals surface area contributed by atoms with E-state index in [1.807, 2.05) is 17.0 Å². The number of amides is 5. The fourth-order valence-corrected chi connectivity index (χ4v) is 10.2. The summed E-state index contributed by atoms with van der Waals surface area (Å²) in [4.78, 5) is 97.4. The van der Waals surface area contributed by atoms with Crippen LogP contribution in [0.25, 0.3) is 0 Å². The third-order valence-corrected chi connectivity index (χ3v) is 14.4. The molecule has 0 radical (unpaired) electrons. The summed E-state index contributed by atoms with van der Waals surface area (Å²) in [7, 11) is 0. The number of piperidine rings is 2. The van der Waals surface area contributed by atoms with Crippen LogP contribution in [-0.2, 0) is 23.9 Å². The first-order valence-corrected chi connectivity index (χ1v) is 24.8. The van der Waals surface area contributed by atoms with Crippen molar-refractivity contribution in [2.75, 3.05) is 62.3 Å². The summed E-state index contributed by atoms with van der Waals surface area (Å²) in [5.41, 5.74) is 0.641.